The number of amides is 1. The van der Waals surface area contributed by atoms with Crippen LogP contribution in [-0.4, -0.2) is 52.7 Å². The number of carbonyl (C=O) groups excluding carboxylic acids is 2. The smallest absolute Gasteiger partial charge is 0.348 e. The highest BCUT2D eigenvalue weighted by Crippen LogP contribution is 2.30. The third-order valence-corrected chi connectivity index (χ3v) is 8.49. The van der Waals surface area contributed by atoms with Gasteiger partial charge in [0.25, 0.3) is 5.56 Å². The SMILES string of the molecule is CCOC(=O)c1sc2c(c1C)c(=O)n(C(C)(C)C(=O)N1CCCCC1)c(=O)n2CCc1ccccc1OC. The number of benzene rings is 1. The van der Waals surface area contributed by atoms with Crippen LogP contribution >= 0.6 is 11.3 Å². The minimum atomic E-state index is -1.41. The Morgan fingerprint density at radius 2 is 1.76 bits per heavy atom. The van der Waals surface area contributed by atoms with Crippen molar-refractivity contribution in [3.05, 3.63) is 61.1 Å². The van der Waals surface area contributed by atoms with Crippen LogP contribution < -0.4 is 16.0 Å². The molecule has 0 bridgehead atoms. The van der Waals surface area contributed by atoms with Gasteiger partial charge in [-0.2, -0.15) is 0 Å². The van der Waals surface area contributed by atoms with Crippen molar-refractivity contribution >= 4 is 33.4 Å². The highest BCUT2D eigenvalue weighted by molar-refractivity contribution is 7.20. The summed E-state index contributed by atoms with van der Waals surface area (Å²) >= 11 is 1.08. The van der Waals surface area contributed by atoms with Crippen LogP contribution in [0.5, 0.6) is 5.75 Å². The number of aryl methyl sites for hydroxylation is 3. The first kappa shape index (κ1) is 27.6. The third kappa shape index (κ3) is 4.89. The molecule has 0 radical (unpaired) electrons. The van der Waals surface area contributed by atoms with Gasteiger partial charge in [0.05, 0.1) is 19.1 Å². The molecular formula is C28H35N3O6S. The van der Waals surface area contributed by atoms with Crippen molar-refractivity contribution in [3.63, 3.8) is 0 Å². The van der Waals surface area contributed by atoms with E-state index in [1.807, 2.05) is 24.3 Å². The molecule has 0 spiro atoms. The molecule has 0 atom stereocenters. The summed E-state index contributed by atoms with van der Waals surface area (Å²) in [6, 6.07) is 7.54. The molecule has 4 rings (SSSR count). The number of ether oxygens (including phenoxy) is 2. The zero-order chi connectivity index (χ0) is 27.6. The molecule has 0 aliphatic carbocycles. The number of fused-ring (bicyclic) bond motifs is 1. The maximum absolute atomic E-state index is 14.0. The second kappa shape index (κ2) is 11.1. The Bertz CT molecular complexity index is 1480. The van der Waals surface area contributed by atoms with E-state index in [1.165, 1.54) is 4.57 Å². The normalized spacial score (nSPS) is 14.1. The van der Waals surface area contributed by atoms with E-state index in [0.29, 0.717) is 35.7 Å². The quantitative estimate of drug-likeness (QED) is 0.403. The summed E-state index contributed by atoms with van der Waals surface area (Å²) in [6.07, 6.45) is 3.29. The topological polar surface area (TPSA) is 99.8 Å². The van der Waals surface area contributed by atoms with Crippen LogP contribution in [0, 0.1) is 6.92 Å². The molecule has 1 saturated heterocycles. The lowest BCUT2D eigenvalue weighted by molar-refractivity contribution is -0.140. The summed E-state index contributed by atoms with van der Waals surface area (Å²) in [7, 11) is 1.59. The molecule has 38 heavy (non-hydrogen) atoms. The van der Waals surface area contributed by atoms with Crippen molar-refractivity contribution in [1.29, 1.82) is 0 Å². The summed E-state index contributed by atoms with van der Waals surface area (Å²) in [5.41, 5.74) is -1.21. The average Bonchev–Trinajstić information content (AvgIpc) is 3.26. The second-order valence-electron chi connectivity index (χ2n) is 10.0. The maximum atomic E-state index is 14.0. The molecule has 0 saturated carbocycles. The number of esters is 1. The van der Waals surface area contributed by atoms with Crippen molar-refractivity contribution in [2.75, 3.05) is 26.8 Å². The molecule has 2 aromatic heterocycles. The largest absolute Gasteiger partial charge is 0.496 e. The summed E-state index contributed by atoms with van der Waals surface area (Å²) < 4.78 is 13.3. The Hall–Kier alpha value is -3.40. The van der Waals surface area contributed by atoms with E-state index >= 15 is 0 Å². The fraction of sp³-hybridized carbons (Fsp3) is 0.500. The zero-order valence-corrected chi connectivity index (χ0v) is 23.5. The summed E-state index contributed by atoms with van der Waals surface area (Å²) in [5, 5.41) is 0.261. The van der Waals surface area contributed by atoms with Gasteiger partial charge in [-0.1, -0.05) is 18.2 Å². The number of rotatable bonds is 8. The number of likely N-dealkylation sites (tertiary alicyclic amines) is 1. The number of hydrogen-bond donors (Lipinski definition) is 0. The van der Waals surface area contributed by atoms with Crippen LogP contribution in [0.3, 0.4) is 0 Å². The molecule has 1 aliphatic rings. The predicted octanol–water partition coefficient (Wildman–Crippen LogP) is 3.71. The zero-order valence-electron chi connectivity index (χ0n) is 22.7. The van der Waals surface area contributed by atoms with Crippen LogP contribution in [-0.2, 0) is 28.0 Å². The van der Waals surface area contributed by atoms with Gasteiger partial charge < -0.3 is 14.4 Å². The van der Waals surface area contributed by atoms with E-state index in [9.17, 15) is 19.2 Å². The fourth-order valence-electron chi connectivity index (χ4n) is 5.15. The standard InChI is InChI=1S/C28H35N3O6S/c1-6-37-25(33)22-18(2)21-23(32)31(28(3,4)26(34)29-15-10-7-11-16-29)27(35)30(24(21)38-22)17-14-19-12-8-9-13-20(19)36-5/h8-9,12-13H,6-7,10-11,14-17H2,1-5H3. The number of para-hydroxylation sites is 1. The maximum Gasteiger partial charge on any atom is 0.348 e. The van der Waals surface area contributed by atoms with E-state index in [1.54, 1.807) is 39.7 Å². The van der Waals surface area contributed by atoms with Crippen molar-refractivity contribution in [2.45, 2.75) is 65.5 Å². The van der Waals surface area contributed by atoms with Crippen molar-refractivity contribution in [1.82, 2.24) is 14.0 Å². The van der Waals surface area contributed by atoms with E-state index in [-0.39, 0.29) is 29.3 Å². The average molecular weight is 542 g/mol. The highest BCUT2D eigenvalue weighted by Gasteiger charge is 2.38. The lowest BCUT2D eigenvalue weighted by Crippen LogP contribution is -2.57. The van der Waals surface area contributed by atoms with Gasteiger partial charge in [0.1, 0.15) is 21.0 Å². The van der Waals surface area contributed by atoms with Gasteiger partial charge in [-0.25, -0.2) is 14.2 Å². The number of aromatic nitrogens is 2. The highest BCUT2D eigenvalue weighted by atomic mass is 32.1. The molecule has 0 unspecified atom stereocenters. The Labute approximate surface area is 225 Å². The molecule has 1 fully saturated rings. The van der Waals surface area contributed by atoms with Gasteiger partial charge in [0, 0.05) is 19.6 Å². The van der Waals surface area contributed by atoms with Crippen LogP contribution in [0.15, 0.2) is 33.9 Å². The minimum Gasteiger partial charge on any atom is -0.496 e. The summed E-state index contributed by atoms with van der Waals surface area (Å²) in [6.45, 7) is 8.27. The molecule has 1 aliphatic heterocycles. The summed E-state index contributed by atoms with van der Waals surface area (Å²) in [4.78, 5) is 56.8. The number of hydrogen-bond acceptors (Lipinski definition) is 7. The van der Waals surface area contributed by atoms with Crippen LogP contribution in [0.2, 0.25) is 0 Å². The summed E-state index contributed by atoms with van der Waals surface area (Å²) in [5.74, 6) is -0.102. The lowest BCUT2D eigenvalue weighted by Gasteiger charge is -2.35. The van der Waals surface area contributed by atoms with Gasteiger partial charge in [0.2, 0.25) is 5.91 Å². The number of methoxy groups -OCH3 is 1. The Morgan fingerprint density at radius 1 is 1.08 bits per heavy atom. The number of nitrogens with zero attached hydrogens (tertiary/aromatic N) is 3. The molecule has 0 N–H and O–H groups in total. The molecule has 9 nitrogen and oxygen atoms in total. The van der Waals surface area contributed by atoms with Crippen molar-refractivity contribution in [2.24, 2.45) is 0 Å². The molecule has 3 aromatic rings. The first-order valence-corrected chi connectivity index (χ1v) is 13.8. The molecule has 10 heteroatoms. The van der Waals surface area contributed by atoms with Crippen molar-refractivity contribution in [3.8, 4) is 5.75 Å². The molecule has 3 heterocycles. The predicted molar refractivity (Wildman–Crippen MR) is 147 cm³/mol. The van der Waals surface area contributed by atoms with Crippen molar-refractivity contribution < 1.29 is 19.1 Å². The molecule has 204 valence electrons. The van der Waals surface area contributed by atoms with E-state index < -0.39 is 22.8 Å². The first-order valence-electron chi connectivity index (χ1n) is 13.0. The van der Waals surface area contributed by atoms with Crippen LogP contribution in [0.25, 0.3) is 10.2 Å². The Kier molecular flexibility index (Phi) is 8.10. The fourth-order valence-corrected chi connectivity index (χ4v) is 6.36. The van der Waals surface area contributed by atoms with Gasteiger partial charge in [0.15, 0.2) is 0 Å². The van der Waals surface area contributed by atoms with E-state index in [2.05, 4.69) is 0 Å². The molecule has 1 aromatic carbocycles. The lowest BCUT2D eigenvalue weighted by atomic mass is 10.00. The van der Waals surface area contributed by atoms with E-state index in [0.717, 1.165) is 40.7 Å². The Morgan fingerprint density at radius 3 is 2.42 bits per heavy atom. The van der Waals surface area contributed by atoms with Crippen LogP contribution in [0.4, 0.5) is 0 Å². The number of piperidine rings is 1. The number of thiophene rings is 1. The van der Waals surface area contributed by atoms with Gasteiger partial charge in [-0.3, -0.25) is 14.2 Å². The van der Waals surface area contributed by atoms with Crippen LogP contribution in [0.1, 0.15) is 60.8 Å². The van der Waals surface area contributed by atoms with E-state index in [4.69, 9.17) is 9.47 Å². The monoisotopic (exact) mass is 541 g/mol. The Balaban J connectivity index is 1.92. The van der Waals surface area contributed by atoms with Gasteiger partial charge in [-0.15, -0.1) is 11.3 Å². The second-order valence-corrected chi connectivity index (χ2v) is 11.0. The van der Waals surface area contributed by atoms with Gasteiger partial charge in [-0.05, 0) is 70.6 Å². The molecule has 1 amide bonds. The first-order chi connectivity index (χ1) is 18.1. The minimum absolute atomic E-state index is 0.189. The molecular weight excluding hydrogens is 506 g/mol. The number of carbonyl (C=O) groups is 2. The third-order valence-electron chi connectivity index (χ3n) is 7.20. The van der Waals surface area contributed by atoms with Gasteiger partial charge >= 0.3 is 11.7 Å².